The van der Waals surface area contributed by atoms with Crippen molar-refractivity contribution in [2.45, 2.75) is 5.16 Å². The molecule has 0 aromatic carbocycles. The maximum Gasteiger partial charge on any atom is 0.192 e. The van der Waals surface area contributed by atoms with Gasteiger partial charge >= 0.3 is 0 Å². The van der Waals surface area contributed by atoms with Crippen LogP contribution in [0.15, 0.2) is 11.2 Å². The van der Waals surface area contributed by atoms with Crippen LogP contribution in [0.2, 0.25) is 0 Å². The van der Waals surface area contributed by atoms with Crippen LogP contribution in [0.25, 0.3) is 0 Å². The van der Waals surface area contributed by atoms with E-state index in [1.165, 1.54) is 17.8 Å². The molecule has 1 aromatic heterocycles. The van der Waals surface area contributed by atoms with Gasteiger partial charge in [0.1, 0.15) is 11.6 Å². The molecule has 0 unspecified atom stereocenters. The molecule has 0 saturated heterocycles. The van der Waals surface area contributed by atoms with E-state index in [1.807, 2.05) is 0 Å². The summed E-state index contributed by atoms with van der Waals surface area (Å²) >= 11 is 3.72. The number of anilines is 2. The molecular formula is C5H7IN4S. The fraction of sp³-hybridized carbons (Fsp3) is 0.200. The Morgan fingerprint density at radius 3 is 2.36 bits per heavy atom. The smallest absolute Gasteiger partial charge is 0.192 e. The Balaban J connectivity index is 2.89. The van der Waals surface area contributed by atoms with Crippen LogP contribution in [0.3, 0.4) is 0 Å². The zero-order valence-electron chi connectivity index (χ0n) is 5.62. The fourth-order valence-electron chi connectivity index (χ4n) is 0.575. The molecule has 1 heterocycles. The Bertz CT molecular complexity index is 234. The number of thioether (sulfide) groups is 1. The Morgan fingerprint density at radius 1 is 1.36 bits per heavy atom. The first kappa shape index (κ1) is 8.85. The van der Waals surface area contributed by atoms with Crippen LogP contribution in [-0.4, -0.2) is 13.7 Å². The van der Waals surface area contributed by atoms with Crippen LogP contribution >= 0.6 is 34.4 Å². The molecule has 4 nitrogen and oxygen atoms in total. The molecule has 60 valence electrons. The van der Waals surface area contributed by atoms with Crippen molar-refractivity contribution in [3.8, 4) is 0 Å². The highest BCUT2D eigenvalue weighted by atomic mass is 127. The number of hydrogen-bond acceptors (Lipinski definition) is 5. The number of nitrogen functional groups attached to an aromatic ring is 2. The van der Waals surface area contributed by atoms with Crippen molar-refractivity contribution in [1.82, 2.24) is 9.97 Å². The minimum Gasteiger partial charge on any atom is -0.383 e. The first-order chi connectivity index (χ1) is 5.22. The third-order valence-corrected chi connectivity index (χ3v) is 2.41. The number of rotatable bonds is 2. The highest BCUT2D eigenvalue weighted by molar-refractivity contribution is 14.1. The molecule has 1 rings (SSSR count). The van der Waals surface area contributed by atoms with Gasteiger partial charge in [-0.1, -0.05) is 34.4 Å². The number of aromatic nitrogens is 2. The topological polar surface area (TPSA) is 77.8 Å². The molecular weight excluding hydrogens is 275 g/mol. The van der Waals surface area contributed by atoms with Gasteiger partial charge in [0.25, 0.3) is 0 Å². The van der Waals surface area contributed by atoms with Gasteiger partial charge in [0.2, 0.25) is 0 Å². The van der Waals surface area contributed by atoms with E-state index < -0.39 is 0 Å². The van der Waals surface area contributed by atoms with Crippen molar-refractivity contribution in [3.63, 3.8) is 0 Å². The van der Waals surface area contributed by atoms with Crippen LogP contribution in [-0.2, 0) is 0 Å². The summed E-state index contributed by atoms with van der Waals surface area (Å²) < 4.78 is 0.890. The lowest BCUT2D eigenvalue weighted by Gasteiger charge is -1.98. The first-order valence-corrected chi connectivity index (χ1v) is 5.32. The summed E-state index contributed by atoms with van der Waals surface area (Å²) in [6.07, 6.45) is 0. The van der Waals surface area contributed by atoms with Gasteiger partial charge in [-0.15, -0.1) is 0 Å². The highest BCUT2D eigenvalue weighted by Gasteiger charge is 1.98. The summed E-state index contributed by atoms with van der Waals surface area (Å²) in [7, 11) is 0. The summed E-state index contributed by atoms with van der Waals surface area (Å²) in [6, 6.07) is 1.54. The van der Waals surface area contributed by atoms with Crippen LogP contribution in [0.1, 0.15) is 0 Å². The molecule has 1 aromatic rings. The molecule has 0 aliphatic rings. The molecule has 0 atom stereocenters. The van der Waals surface area contributed by atoms with Gasteiger partial charge in [0.15, 0.2) is 5.16 Å². The van der Waals surface area contributed by atoms with Gasteiger partial charge in [-0.3, -0.25) is 0 Å². The van der Waals surface area contributed by atoms with E-state index in [0.29, 0.717) is 16.8 Å². The number of nitrogens with two attached hydrogens (primary N) is 2. The molecule has 0 aliphatic carbocycles. The quantitative estimate of drug-likeness (QED) is 0.368. The number of nitrogens with zero attached hydrogens (tertiary/aromatic N) is 2. The van der Waals surface area contributed by atoms with Crippen molar-refractivity contribution in [3.05, 3.63) is 6.07 Å². The van der Waals surface area contributed by atoms with E-state index >= 15 is 0 Å². The van der Waals surface area contributed by atoms with Gasteiger partial charge in [0, 0.05) is 6.07 Å². The van der Waals surface area contributed by atoms with E-state index in [9.17, 15) is 0 Å². The van der Waals surface area contributed by atoms with Gasteiger partial charge in [-0.05, 0) is 0 Å². The molecule has 11 heavy (non-hydrogen) atoms. The Morgan fingerprint density at radius 2 is 1.91 bits per heavy atom. The number of halogens is 1. The Labute approximate surface area is 82.3 Å². The van der Waals surface area contributed by atoms with Crippen molar-refractivity contribution in [2.75, 3.05) is 15.2 Å². The molecule has 0 bridgehead atoms. The van der Waals surface area contributed by atoms with Crippen molar-refractivity contribution in [1.29, 1.82) is 0 Å². The molecule has 0 fully saturated rings. The third kappa shape index (κ3) is 2.70. The maximum absolute atomic E-state index is 5.44. The summed E-state index contributed by atoms with van der Waals surface area (Å²) in [5.74, 6) is 0.842. The standard InChI is InChI=1S/C5H7IN4S/c6-2-11-5-9-3(7)1-4(8)10-5/h1H,2H2,(H4,7,8,9,10). The van der Waals surface area contributed by atoms with Crippen LogP contribution in [0.5, 0.6) is 0 Å². The molecule has 0 aliphatic heterocycles. The molecule has 0 saturated carbocycles. The second kappa shape index (κ2) is 3.96. The van der Waals surface area contributed by atoms with E-state index in [4.69, 9.17) is 11.5 Å². The zero-order chi connectivity index (χ0) is 8.27. The first-order valence-electron chi connectivity index (χ1n) is 2.81. The van der Waals surface area contributed by atoms with E-state index in [1.54, 1.807) is 0 Å². The maximum atomic E-state index is 5.44. The Hall–Kier alpha value is -0.240. The summed E-state index contributed by atoms with van der Waals surface area (Å²) in [5, 5.41) is 0.636. The lowest BCUT2D eigenvalue weighted by atomic mass is 10.5. The van der Waals surface area contributed by atoms with Crippen molar-refractivity contribution >= 4 is 46.0 Å². The van der Waals surface area contributed by atoms with Crippen LogP contribution in [0, 0.1) is 0 Å². The van der Waals surface area contributed by atoms with Gasteiger partial charge in [-0.2, -0.15) is 0 Å². The summed E-state index contributed by atoms with van der Waals surface area (Å²) in [6.45, 7) is 0. The minimum absolute atomic E-state index is 0.421. The monoisotopic (exact) mass is 282 g/mol. The normalized spacial score (nSPS) is 9.91. The van der Waals surface area contributed by atoms with E-state index in [0.717, 1.165) is 3.76 Å². The third-order valence-electron chi connectivity index (χ3n) is 0.929. The van der Waals surface area contributed by atoms with Crippen molar-refractivity contribution < 1.29 is 0 Å². The van der Waals surface area contributed by atoms with Gasteiger partial charge < -0.3 is 11.5 Å². The molecule has 0 radical (unpaired) electrons. The lowest BCUT2D eigenvalue weighted by molar-refractivity contribution is 0.988. The second-order valence-corrected chi connectivity index (χ2v) is 4.49. The molecule has 6 heteroatoms. The zero-order valence-corrected chi connectivity index (χ0v) is 8.59. The molecule has 0 amide bonds. The predicted octanol–water partition coefficient (Wildman–Crippen LogP) is 1.13. The molecule has 0 spiro atoms. The van der Waals surface area contributed by atoms with E-state index in [2.05, 4.69) is 32.6 Å². The number of hydrogen-bond donors (Lipinski definition) is 2. The fourth-order valence-corrected chi connectivity index (χ4v) is 1.85. The SMILES string of the molecule is Nc1cc(N)nc(SCI)n1. The summed E-state index contributed by atoms with van der Waals surface area (Å²) in [5.41, 5.74) is 10.9. The summed E-state index contributed by atoms with van der Waals surface area (Å²) in [4.78, 5) is 7.94. The second-order valence-electron chi connectivity index (χ2n) is 1.75. The highest BCUT2D eigenvalue weighted by Crippen LogP contribution is 2.17. The largest absolute Gasteiger partial charge is 0.383 e. The molecule has 4 N–H and O–H groups in total. The minimum atomic E-state index is 0.421. The van der Waals surface area contributed by atoms with Gasteiger partial charge in [0.05, 0.1) is 3.76 Å². The van der Waals surface area contributed by atoms with Crippen molar-refractivity contribution in [2.24, 2.45) is 0 Å². The van der Waals surface area contributed by atoms with Crippen LogP contribution < -0.4 is 11.5 Å². The van der Waals surface area contributed by atoms with Crippen LogP contribution in [0.4, 0.5) is 11.6 Å². The Kier molecular flexibility index (Phi) is 3.18. The average Bonchev–Trinajstić information content (AvgIpc) is 1.85. The predicted molar refractivity (Wildman–Crippen MR) is 55.6 cm³/mol. The van der Waals surface area contributed by atoms with E-state index in [-0.39, 0.29) is 0 Å². The van der Waals surface area contributed by atoms with Gasteiger partial charge in [-0.25, -0.2) is 9.97 Å². The average molecular weight is 282 g/mol. The number of alkyl halides is 1. The lowest BCUT2D eigenvalue weighted by Crippen LogP contribution is -1.98.